The molecule has 0 spiro atoms. The standard InChI is InChI=1S/C15H16ClNO2/c16-10-6-9(18)3-4-11(10)17-15(19)14-12-7-1-2-8(5-7)13(12)14/h3-4,6-8,12-14,18H,1-2,5H2,(H,17,19). The zero-order valence-electron chi connectivity index (χ0n) is 10.5. The first-order valence-corrected chi connectivity index (χ1v) is 7.32. The molecule has 4 atom stereocenters. The Hall–Kier alpha value is -1.22. The first kappa shape index (κ1) is 11.6. The van der Waals surface area contributed by atoms with Gasteiger partial charge in [0.05, 0.1) is 10.7 Å². The van der Waals surface area contributed by atoms with Crippen molar-refractivity contribution in [2.24, 2.45) is 29.6 Å². The van der Waals surface area contributed by atoms with Crippen LogP contribution in [0.3, 0.4) is 0 Å². The maximum Gasteiger partial charge on any atom is 0.228 e. The van der Waals surface area contributed by atoms with E-state index in [1.165, 1.54) is 25.3 Å². The molecule has 1 amide bonds. The first-order valence-electron chi connectivity index (χ1n) is 6.94. The van der Waals surface area contributed by atoms with E-state index in [0.717, 1.165) is 11.8 Å². The predicted molar refractivity (Wildman–Crippen MR) is 73.0 cm³/mol. The Morgan fingerprint density at radius 2 is 1.95 bits per heavy atom. The Bertz CT molecular complexity index is 543. The molecule has 4 rings (SSSR count). The third-order valence-electron chi connectivity index (χ3n) is 5.25. The van der Waals surface area contributed by atoms with Crippen LogP contribution in [-0.4, -0.2) is 11.0 Å². The molecule has 19 heavy (non-hydrogen) atoms. The molecule has 4 unspecified atom stereocenters. The number of nitrogens with one attached hydrogen (secondary N) is 1. The number of carbonyl (C=O) groups is 1. The Balaban J connectivity index is 1.48. The number of phenols is 1. The van der Waals surface area contributed by atoms with E-state index in [4.69, 9.17) is 11.6 Å². The van der Waals surface area contributed by atoms with Gasteiger partial charge >= 0.3 is 0 Å². The van der Waals surface area contributed by atoms with Crippen LogP contribution in [0.25, 0.3) is 0 Å². The molecule has 3 fully saturated rings. The summed E-state index contributed by atoms with van der Waals surface area (Å²) in [6, 6.07) is 4.65. The summed E-state index contributed by atoms with van der Waals surface area (Å²) in [6.45, 7) is 0. The van der Waals surface area contributed by atoms with Gasteiger partial charge in [-0.2, -0.15) is 0 Å². The molecule has 0 saturated heterocycles. The fourth-order valence-electron chi connectivity index (χ4n) is 4.50. The first-order chi connectivity index (χ1) is 9.15. The summed E-state index contributed by atoms with van der Waals surface area (Å²) < 4.78 is 0. The van der Waals surface area contributed by atoms with Crippen molar-refractivity contribution in [3.8, 4) is 5.75 Å². The number of aromatic hydroxyl groups is 1. The zero-order valence-corrected chi connectivity index (χ0v) is 11.2. The second-order valence-electron chi connectivity index (χ2n) is 6.17. The van der Waals surface area contributed by atoms with Crippen molar-refractivity contribution in [1.29, 1.82) is 0 Å². The molecular formula is C15H16ClNO2. The third-order valence-corrected chi connectivity index (χ3v) is 5.56. The van der Waals surface area contributed by atoms with Gasteiger partial charge in [-0.15, -0.1) is 0 Å². The molecule has 3 aliphatic rings. The van der Waals surface area contributed by atoms with Crippen molar-refractivity contribution in [2.45, 2.75) is 19.3 Å². The fraction of sp³-hybridized carbons (Fsp3) is 0.533. The number of phenolic OH excluding ortho intramolecular Hbond substituents is 1. The number of fused-ring (bicyclic) bond motifs is 5. The largest absolute Gasteiger partial charge is 0.508 e. The van der Waals surface area contributed by atoms with Crippen LogP contribution in [0.1, 0.15) is 19.3 Å². The van der Waals surface area contributed by atoms with Crippen molar-refractivity contribution >= 4 is 23.2 Å². The van der Waals surface area contributed by atoms with Gasteiger partial charge in [-0.25, -0.2) is 0 Å². The molecule has 2 bridgehead atoms. The molecule has 4 heteroatoms. The van der Waals surface area contributed by atoms with Crippen LogP contribution < -0.4 is 5.32 Å². The minimum Gasteiger partial charge on any atom is -0.508 e. The number of hydrogen-bond acceptors (Lipinski definition) is 2. The number of amides is 1. The van der Waals surface area contributed by atoms with E-state index >= 15 is 0 Å². The highest BCUT2D eigenvalue weighted by Gasteiger charge is 2.67. The lowest BCUT2D eigenvalue weighted by Crippen LogP contribution is -2.18. The van der Waals surface area contributed by atoms with E-state index in [-0.39, 0.29) is 17.6 Å². The number of halogens is 1. The quantitative estimate of drug-likeness (QED) is 0.815. The molecule has 0 radical (unpaired) electrons. The number of carbonyl (C=O) groups excluding carboxylic acids is 1. The normalized spacial score (nSPS) is 38.1. The summed E-state index contributed by atoms with van der Waals surface area (Å²) in [5, 5.41) is 12.6. The van der Waals surface area contributed by atoms with E-state index < -0.39 is 0 Å². The Morgan fingerprint density at radius 3 is 2.58 bits per heavy atom. The molecule has 1 aromatic carbocycles. The Labute approximate surface area is 117 Å². The molecular weight excluding hydrogens is 262 g/mol. The minimum atomic E-state index is 0.110. The lowest BCUT2D eigenvalue weighted by molar-refractivity contribution is -0.118. The SMILES string of the molecule is O=C(Nc1ccc(O)cc1Cl)C1C2C3CCC(C3)C12. The van der Waals surface area contributed by atoms with Crippen LogP contribution in [0.5, 0.6) is 5.75 Å². The van der Waals surface area contributed by atoms with E-state index in [0.29, 0.717) is 22.5 Å². The van der Waals surface area contributed by atoms with Gasteiger partial charge in [0.15, 0.2) is 0 Å². The summed E-state index contributed by atoms with van der Waals surface area (Å²) in [5.41, 5.74) is 0.599. The van der Waals surface area contributed by atoms with Crippen LogP contribution in [0.4, 0.5) is 5.69 Å². The topological polar surface area (TPSA) is 49.3 Å². The van der Waals surface area contributed by atoms with Crippen molar-refractivity contribution in [3.05, 3.63) is 23.2 Å². The molecule has 3 nitrogen and oxygen atoms in total. The zero-order chi connectivity index (χ0) is 13.1. The van der Waals surface area contributed by atoms with Gasteiger partial charge < -0.3 is 10.4 Å². The third kappa shape index (κ3) is 1.68. The van der Waals surface area contributed by atoms with Crippen molar-refractivity contribution in [1.82, 2.24) is 0 Å². The van der Waals surface area contributed by atoms with E-state index in [1.54, 1.807) is 12.1 Å². The van der Waals surface area contributed by atoms with Gasteiger partial charge in [0, 0.05) is 12.0 Å². The van der Waals surface area contributed by atoms with Crippen molar-refractivity contribution in [3.63, 3.8) is 0 Å². The van der Waals surface area contributed by atoms with Crippen LogP contribution in [0.15, 0.2) is 18.2 Å². The molecule has 3 saturated carbocycles. The van der Waals surface area contributed by atoms with Crippen LogP contribution in [0, 0.1) is 29.6 Å². The lowest BCUT2D eigenvalue weighted by Gasteiger charge is -2.10. The second kappa shape index (κ2) is 3.89. The number of anilines is 1. The molecule has 0 aromatic heterocycles. The Kier molecular flexibility index (Phi) is 2.37. The highest BCUT2D eigenvalue weighted by atomic mass is 35.5. The molecule has 1 aromatic rings. The van der Waals surface area contributed by atoms with Crippen molar-refractivity contribution < 1.29 is 9.90 Å². The second-order valence-corrected chi connectivity index (χ2v) is 6.57. The highest BCUT2D eigenvalue weighted by Crippen LogP contribution is 2.69. The van der Waals surface area contributed by atoms with Gasteiger partial charge in [0.1, 0.15) is 5.75 Å². The smallest absolute Gasteiger partial charge is 0.228 e. The monoisotopic (exact) mass is 277 g/mol. The fourth-order valence-corrected chi connectivity index (χ4v) is 4.72. The summed E-state index contributed by atoms with van der Waals surface area (Å²) in [7, 11) is 0. The summed E-state index contributed by atoms with van der Waals surface area (Å²) >= 11 is 6.01. The van der Waals surface area contributed by atoms with Gasteiger partial charge in [-0.05, 0) is 55.1 Å². The van der Waals surface area contributed by atoms with Gasteiger partial charge in [0.25, 0.3) is 0 Å². The van der Waals surface area contributed by atoms with Gasteiger partial charge in [-0.3, -0.25) is 4.79 Å². The number of benzene rings is 1. The molecule has 0 heterocycles. The van der Waals surface area contributed by atoms with Crippen LogP contribution in [-0.2, 0) is 4.79 Å². The summed E-state index contributed by atoms with van der Waals surface area (Å²) in [6.07, 6.45) is 3.98. The summed E-state index contributed by atoms with van der Waals surface area (Å²) in [4.78, 5) is 12.3. The molecule has 100 valence electrons. The van der Waals surface area contributed by atoms with E-state index in [1.807, 2.05) is 0 Å². The predicted octanol–water partition coefficient (Wildman–Crippen LogP) is 3.28. The van der Waals surface area contributed by atoms with Gasteiger partial charge in [0.2, 0.25) is 5.91 Å². The highest BCUT2D eigenvalue weighted by molar-refractivity contribution is 6.33. The Morgan fingerprint density at radius 1 is 1.26 bits per heavy atom. The molecule has 0 aliphatic heterocycles. The van der Waals surface area contributed by atoms with E-state index in [9.17, 15) is 9.90 Å². The van der Waals surface area contributed by atoms with Crippen molar-refractivity contribution in [2.75, 3.05) is 5.32 Å². The van der Waals surface area contributed by atoms with Crippen LogP contribution in [0.2, 0.25) is 5.02 Å². The molecule has 3 aliphatic carbocycles. The average molecular weight is 278 g/mol. The minimum absolute atomic E-state index is 0.110. The number of hydrogen-bond donors (Lipinski definition) is 2. The van der Waals surface area contributed by atoms with E-state index in [2.05, 4.69) is 5.32 Å². The number of rotatable bonds is 2. The average Bonchev–Trinajstić information content (AvgIpc) is 2.82. The lowest BCUT2D eigenvalue weighted by atomic mass is 10.0. The maximum atomic E-state index is 12.3. The molecule has 2 N–H and O–H groups in total. The van der Waals surface area contributed by atoms with Gasteiger partial charge in [-0.1, -0.05) is 11.6 Å². The van der Waals surface area contributed by atoms with Crippen LogP contribution >= 0.6 is 11.6 Å². The maximum absolute atomic E-state index is 12.3. The summed E-state index contributed by atoms with van der Waals surface area (Å²) in [5.74, 6) is 3.28.